The Balaban J connectivity index is 0.891. The Morgan fingerprint density at radius 1 is 0.303 bits per heavy atom. The predicted octanol–water partition coefficient (Wildman–Crippen LogP) is 15.6. The number of hydrogen-bond donors (Lipinski definition) is 0. The number of para-hydroxylation sites is 2. The van der Waals surface area contributed by atoms with Crippen molar-refractivity contribution in [2.45, 2.75) is 5.41 Å². The van der Waals surface area contributed by atoms with E-state index in [1.165, 1.54) is 98.2 Å². The number of fused-ring (bicyclic) bond motifs is 9. The third kappa shape index (κ3) is 6.46. The summed E-state index contributed by atoms with van der Waals surface area (Å²) in [6, 6.07) is 113. The smallest absolute Gasteiger partial charge is 0.180 e. The van der Waals surface area contributed by atoms with Crippen molar-refractivity contribution in [1.82, 2.24) is 4.57 Å². The molecule has 0 atom stereocenters. The van der Waals surface area contributed by atoms with Gasteiger partial charge in [0.2, 0.25) is 0 Å². The average molecular weight is 983 g/mol. The van der Waals surface area contributed by atoms with Crippen LogP contribution in [0.25, 0.3) is 60.9 Å². The number of aromatic nitrogens is 1. The minimum absolute atomic E-state index is 0.536. The summed E-state index contributed by atoms with van der Waals surface area (Å²) in [5.41, 5.74) is 19.0. The van der Waals surface area contributed by atoms with Gasteiger partial charge in [-0.25, -0.2) is 0 Å². The molecule has 0 N–H and O–H groups in total. The summed E-state index contributed by atoms with van der Waals surface area (Å²) < 4.78 is 2.40. The van der Waals surface area contributed by atoms with Gasteiger partial charge in [-0.1, -0.05) is 243 Å². The monoisotopic (exact) mass is 982 g/mol. The fraction of sp³-hybridized carbons (Fsp3) is 0.0137. The van der Waals surface area contributed by atoms with Gasteiger partial charge in [0, 0.05) is 33.5 Å². The second-order valence-corrected chi connectivity index (χ2v) is 24.0. The molecular formula is C73H50N2Si. The SMILES string of the molecule is c1ccc(C2(c3cccc(N(c4ccc(-c5cccc([Si]6(c7ccccc7)c7ccccc7-c7ccccc76)c5)cc4)c4ccc(-n5c6ccccc6c6ccccc65)cc4)c3)c3ccccc3-c3ccccc32)cc1. The summed E-state index contributed by atoms with van der Waals surface area (Å²) in [5, 5.41) is 8.21. The molecule has 1 aliphatic heterocycles. The van der Waals surface area contributed by atoms with Crippen molar-refractivity contribution >= 4 is 67.7 Å². The van der Waals surface area contributed by atoms with E-state index in [9.17, 15) is 0 Å². The van der Waals surface area contributed by atoms with Crippen LogP contribution in [0, 0.1) is 0 Å². The van der Waals surface area contributed by atoms with E-state index in [1.807, 2.05) is 0 Å². The molecule has 2 nitrogen and oxygen atoms in total. The van der Waals surface area contributed by atoms with Crippen molar-refractivity contribution in [3.05, 3.63) is 326 Å². The van der Waals surface area contributed by atoms with Crippen molar-refractivity contribution in [3.8, 4) is 39.1 Å². The van der Waals surface area contributed by atoms with Crippen molar-refractivity contribution in [1.29, 1.82) is 0 Å². The highest BCUT2D eigenvalue weighted by Gasteiger charge is 2.49. The minimum atomic E-state index is -2.66. The van der Waals surface area contributed by atoms with Crippen molar-refractivity contribution in [2.75, 3.05) is 4.90 Å². The third-order valence-electron chi connectivity index (χ3n) is 16.6. The first-order valence-corrected chi connectivity index (χ1v) is 28.4. The Morgan fingerprint density at radius 2 is 0.776 bits per heavy atom. The molecule has 0 fully saturated rings. The molecule has 1 aliphatic carbocycles. The third-order valence-corrected chi connectivity index (χ3v) is 21.4. The molecule has 0 bridgehead atoms. The number of rotatable bonds is 9. The van der Waals surface area contributed by atoms with Crippen LogP contribution in [0.4, 0.5) is 17.1 Å². The summed E-state index contributed by atoms with van der Waals surface area (Å²) >= 11 is 0. The molecule has 0 saturated heterocycles. The van der Waals surface area contributed by atoms with Crippen LogP contribution in [0.3, 0.4) is 0 Å². The normalized spacial score (nSPS) is 13.5. The lowest BCUT2D eigenvalue weighted by atomic mass is 9.67. The van der Waals surface area contributed by atoms with Gasteiger partial charge in [-0.2, -0.15) is 0 Å². The average Bonchev–Trinajstić information content (AvgIpc) is 4.31. The molecule has 356 valence electrons. The molecule has 76 heavy (non-hydrogen) atoms. The summed E-state index contributed by atoms with van der Waals surface area (Å²) in [5.74, 6) is 0. The van der Waals surface area contributed by atoms with E-state index in [1.54, 1.807) is 0 Å². The van der Waals surface area contributed by atoms with Crippen LogP contribution < -0.4 is 25.6 Å². The zero-order valence-corrected chi connectivity index (χ0v) is 42.8. The van der Waals surface area contributed by atoms with Gasteiger partial charge in [-0.3, -0.25) is 0 Å². The van der Waals surface area contributed by atoms with Crippen LogP contribution in [0.15, 0.2) is 303 Å². The van der Waals surface area contributed by atoms with E-state index < -0.39 is 13.5 Å². The summed E-state index contributed by atoms with van der Waals surface area (Å²) in [4.78, 5) is 2.44. The first kappa shape index (κ1) is 44.0. The number of nitrogens with zero attached hydrogens (tertiary/aromatic N) is 2. The van der Waals surface area contributed by atoms with E-state index in [0.717, 1.165) is 22.7 Å². The zero-order valence-electron chi connectivity index (χ0n) is 41.8. The van der Waals surface area contributed by atoms with Crippen LogP contribution in [-0.2, 0) is 5.41 Å². The fourth-order valence-corrected chi connectivity index (χ4v) is 18.7. The van der Waals surface area contributed by atoms with Gasteiger partial charge in [0.05, 0.1) is 16.4 Å². The molecule has 15 rings (SSSR count). The maximum atomic E-state index is 2.49. The molecule has 0 unspecified atom stereocenters. The first-order valence-electron chi connectivity index (χ1n) is 26.4. The standard InChI is InChI=1S/C73H50N2Si/c1-3-22-53(23-4-1)73(67-35-13-7-29-61(67)62-30-8-14-36-68(62)73)54-24-20-25-58(50-54)74(56-45-47-57(48-46-56)75-69-37-15-9-31-63(69)64-32-10-16-38-70(64)75)55-43-41-51(42-44-55)52-21-19-28-60(49-52)76(59-26-5-2-6-27-59)71-39-17-11-33-65(71)66-34-12-18-40-72(66)76/h1-50H. The van der Waals surface area contributed by atoms with Gasteiger partial charge < -0.3 is 9.47 Å². The number of benzene rings is 12. The van der Waals surface area contributed by atoms with Crippen molar-refractivity contribution in [3.63, 3.8) is 0 Å². The second-order valence-electron chi connectivity index (χ2n) is 20.3. The highest BCUT2D eigenvalue weighted by molar-refractivity contribution is 7.22. The summed E-state index contributed by atoms with van der Waals surface area (Å²) in [6.45, 7) is 0. The molecule has 0 saturated carbocycles. The summed E-state index contributed by atoms with van der Waals surface area (Å²) in [6.07, 6.45) is 0. The van der Waals surface area contributed by atoms with Crippen LogP contribution in [0.2, 0.25) is 0 Å². The highest BCUT2D eigenvalue weighted by Crippen LogP contribution is 2.56. The Bertz CT molecular complexity index is 4200. The maximum Gasteiger partial charge on any atom is 0.180 e. The van der Waals surface area contributed by atoms with Gasteiger partial charge in [0.1, 0.15) is 0 Å². The van der Waals surface area contributed by atoms with Gasteiger partial charge in [-0.05, 0) is 137 Å². The lowest BCUT2D eigenvalue weighted by Gasteiger charge is -2.35. The Kier molecular flexibility index (Phi) is 10.2. The lowest BCUT2D eigenvalue weighted by Crippen LogP contribution is -2.72. The molecule has 0 spiro atoms. The molecule has 1 aromatic heterocycles. The quantitative estimate of drug-likeness (QED) is 0.131. The predicted molar refractivity (Wildman–Crippen MR) is 321 cm³/mol. The molecular weight excluding hydrogens is 933 g/mol. The molecule has 0 radical (unpaired) electrons. The molecule has 3 heteroatoms. The lowest BCUT2D eigenvalue weighted by molar-refractivity contribution is 0.768. The van der Waals surface area contributed by atoms with Gasteiger partial charge in [-0.15, -0.1) is 0 Å². The summed E-state index contributed by atoms with van der Waals surface area (Å²) in [7, 11) is -2.66. The zero-order chi connectivity index (χ0) is 50.2. The van der Waals surface area contributed by atoms with Crippen molar-refractivity contribution < 1.29 is 0 Å². The van der Waals surface area contributed by atoms with Gasteiger partial charge in [0.15, 0.2) is 8.07 Å². The van der Waals surface area contributed by atoms with E-state index >= 15 is 0 Å². The van der Waals surface area contributed by atoms with Crippen LogP contribution in [0.1, 0.15) is 22.3 Å². The van der Waals surface area contributed by atoms with Gasteiger partial charge in [0.25, 0.3) is 0 Å². The van der Waals surface area contributed by atoms with E-state index in [0.29, 0.717) is 0 Å². The van der Waals surface area contributed by atoms with E-state index in [4.69, 9.17) is 0 Å². The number of hydrogen-bond acceptors (Lipinski definition) is 1. The molecule has 12 aromatic carbocycles. The van der Waals surface area contributed by atoms with Gasteiger partial charge >= 0.3 is 0 Å². The van der Waals surface area contributed by atoms with E-state index in [2.05, 4.69) is 313 Å². The largest absolute Gasteiger partial charge is 0.310 e. The van der Waals surface area contributed by atoms with Crippen molar-refractivity contribution in [2.24, 2.45) is 0 Å². The first-order chi connectivity index (χ1) is 37.7. The molecule has 2 aliphatic rings. The second kappa shape index (κ2) is 17.6. The number of anilines is 3. The van der Waals surface area contributed by atoms with Crippen LogP contribution in [-0.4, -0.2) is 12.6 Å². The van der Waals surface area contributed by atoms with E-state index in [-0.39, 0.29) is 0 Å². The molecule has 2 heterocycles. The maximum absolute atomic E-state index is 2.66. The minimum Gasteiger partial charge on any atom is -0.310 e. The Labute approximate surface area is 444 Å². The van der Waals surface area contributed by atoms with Crippen LogP contribution >= 0.6 is 0 Å². The molecule has 0 amide bonds. The Hall–Kier alpha value is -9.54. The van der Waals surface area contributed by atoms with Crippen LogP contribution in [0.5, 0.6) is 0 Å². The molecule has 13 aromatic rings. The highest BCUT2D eigenvalue weighted by atomic mass is 28.3. The Morgan fingerprint density at radius 3 is 1.39 bits per heavy atom. The topological polar surface area (TPSA) is 8.17 Å². The fourth-order valence-electron chi connectivity index (χ4n) is 13.4.